The number of nitrogens with one attached hydrogen (secondary N) is 4. The van der Waals surface area contributed by atoms with Crippen LogP contribution in [-0.4, -0.2) is 68.8 Å². The van der Waals surface area contributed by atoms with E-state index in [0.29, 0.717) is 35.0 Å². The number of aromatic amines is 2. The van der Waals surface area contributed by atoms with Crippen LogP contribution in [0.1, 0.15) is 24.9 Å². The smallest absolute Gasteiger partial charge is 0.249 e. The SMILES string of the molecule is COc1ccc(CCC(=O)Nc2nnc(-c3ccc(-c4ccc5ncn(C(C)C(=O)Nc6nnc(-c7ccccn7)[nH]6)c5c4)cn3)[nH]2)cc1F. The first kappa shape index (κ1) is 31.7. The fraction of sp³-hybridized carbons (Fsp3) is 0.147. The molecule has 0 aliphatic rings. The maximum atomic E-state index is 14.0. The number of methoxy groups -OCH3 is 1. The van der Waals surface area contributed by atoms with Gasteiger partial charge in [0.05, 0.1) is 24.5 Å². The minimum atomic E-state index is -0.620. The van der Waals surface area contributed by atoms with Gasteiger partial charge in [0.15, 0.2) is 23.2 Å². The molecule has 0 spiro atoms. The van der Waals surface area contributed by atoms with Gasteiger partial charge in [-0.25, -0.2) is 9.37 Å². The third kappa shape index (κ3) is 6.75. The minimum Gasteiger partial charge on any atom is -0.494 e. The Hall–Kier alpha value is -6.84. The van der Waals surface area contributed by atoms with Crippen LogP contribution in [0.5, 0.6) is 5.75 Å². The Bertz CT molecular complexity index is 2300. The fourth-order valence-corrected chi connectivity index (χ4v) is 5.25. The molecule has 7 aromatic rings. The molecule has 2 aromatic carbocycles. The standard InChI is InChI=1S/C34H29FN12O3/c1-19(32(49)42-34-41-30(43-46-34)25-5-3-4-14-36-25)47-18-38-24-10-8-21(16-27(24)47)22-9-11-26(37-17-22)31-40-33(45-44-31)39-29(48)13-7-20-6-12-28(50-2)23(35)15-20/h3-6,8-12,14-19H,7,13H2,1-2H3,(H2,39,40,44,45,48)(H2,41,42,43,46,49). The zero-order chi connectivity index (χ0) is 34.6. The average Bonchev–Trinajstić information content (AvgIpc) is 3.91. The van der Waals surface area contributed by atoms with E-state index in [1.807, 2.05) is 30.3 Å². The molecule has 1 atom stereocenters. The van der Waals surface area contributed by atoms with Gasteiger partial charge in [-0.15, -0.1) is 20.4 Å². The molecule has 5 aromatic heterocycles. The van der Waals surface area contributed by atoms with Gasteiger partial charge in [0.1, 0.15) is 17.4 Å². The molecule has 0 aliphatic carbocycles. The number of aromatic nitrogens is 10. The molecular formula is C34H29FN12O3. The van der Waals surface area contributed by atoms with E-state index < -0.39 is 11.9 Å². The summed E-state index contributed by atoms with van der Waals surface area (Å²) in [6, 6.07) is 18.8. The number of anilines is 2. The van der Waals surface area contributed by atoms with Crippen molar-refractivity contribution in [3.8, 4) is 39.9 Å². The van der Waals surface area contributed by atoms with Gasteiger partial charge in [0.25, 0.3) is 0 Å². The van der Waals surface area contributed by atoms with E-state index in [0.717, 1.165) is 22.2 Å². The second-order valence-electron chi connectivity index (χ2n) is 11.2. The van der Waals surface area contributed by atoms with Crippen molar-refractivity contribution in [2.24, 2.45) is 0 Å². The second-order valence-corrected chi connectivity index (χ2v) is 11.2. The molecule has 2 amide bonds. The van der Waals surface area contributed by atoms with Crippen LogP contribution < -0.4 is 15.4 Å². The normalized spacial score (nSPS) is 11.7. The molecule has 16 heteroatoms. The Morgan fingerprint density at radius 2 is 1.62 bits per heavy atom. The van der Waals surface area contributed by atoms with E-state index in [1.165, 1.54) is 19.2 Å². The van der Waals surface area contributed by atoms with Crippen molar-refractivity contribution in [2.45, 2.75) is 25.8 Å². The lowest BCUT2D eigenvalue weighted by atomic mass is 10.1. The molecule has 250 valence electrons. The Morgan fingerprint density at radius 1 is 0.860 bits per heavy atom. The van der Waals surface area contributed by atoms with Gasteiger partial charge in [-0.3, -0.25) is 30.2 Å². The van der Waals surface area contributed by atoms with Crippen LogP contribution in [0.2, 0.25) is 0 Å². The van der Waals surface area contributed by atoms with Crippen LogP contribution in [0.3, 0.4) is 0 Å². The van der Waals surface area contributed by atoms with Crippen molar-refractivity contribution < 1.29 is 18.7 Å². The maximum absolute atomic E-state index is 14.0. The maximum Gasteiger partial charge on any atom is 0.249 e. The molecule has 4 N–H and O–H groups in total. The van der Waals surface area contributed by atoms with Crippen molar-refractivity contribution in [1.29, 1.82) is 0 Å². The Kier molecular flexibility index (Phi) is 8.71. The first-order valence-corrected chi connectivity index (χ1v) is 15.5. The third-order valence-corrected chi connectivity index (χ3v) is 7.95. The monoisotopic (exact) mass is 672 g/mol. The summed E-state index contributed by atoms with van der Waals surface area (Å²) in [4.78, 5) is 44.9. The van der Waals surface area contributed by atoms with Crippen LogP contribution in [0.25, 0.3) is 45.2 Å². The molecule has 50 heavy (non-hydrogen) atoms. The van der Waals surface area contributed by atoms with Gasteiger partial charge in [0, 0.05) is 24.4 Å². The first-order valence-electron chi connectivity index (χ1n) is 15.5. The molecule has 0 saturated carbocycles. The molecule has 0 radical (unpaired) electrons. The molecule has 1 unspecified atom stereocenters. The first-order chi connectivity index (χ1) is 24.3. The van der Waals surface area contributed by atoms with Crippen LogP contribution in [0.4, 0.5) is 16.3 Å². The minimum absolute atomic E-state index is 0.121. The number of ether oxygens (including phenoxy) is 1. The Morgan fingerprint density at radius 3 is 2.32 bits per heavy atom. The lowest BCUT2D eigenvalue weighted by Gasteiger charge is -2.14. The number of aryl methyl sites for hydroxylation is 1. The third-order valence-electron chi connectivity index (χ3n) is 7.95. The molecule has 15 nitrogen and oxygen atoms in total. The van der Waals surface area contributed by atoms with Crippen molar-refractivity contribution in [3.63, 3.8) is 0 Å². The number of H-pyrrole nitrogens is 2. The number of rotatable bonds is 11. The Balaban J connectivity index is 0.992. The lowest BCUT2D eigenvalue weighted by molar-refractivity contribution is -0.119. The van der Waals surface area contributed by atoms with Crippen LogP contribution in [0.15, 0.2) is 85.5 Å². The summed E-state index contributed by atoms with van der Waals surface area (Å²) in [7, 11) is 1.40. The highest BCUT2D eigenvalue weighted by atomic mass is 19.1. The number of hydrogen-bond acceptors (Lipinski definition) is 10. The highest BCUT2D eigenvalue weighted by Gasteiger charge is 2.20. The summed E-state index contributed by atoms with van der Waals surface area (Å²) in [5.41, 5.74) is 4.97. The zero-order valence-electron chi connectivity index (χ0n) is 26.8. The zero-order valence-corrected chi connectivity index (χ0v) is 26.8. The van der Waals surface area contributed by atoms with Crippen molar-refractivity contribution in [1.82, 2.24) is 49.9 Å². The van der Waals surface area contributed by atoms with Gasteiger partial charge < -0.3 is 19.3 Å². The van der Waals surface area contributed by atoms with Crippen molar-refractivity contribution in [2.75, 3.05) is 17.7 Å². The summed E-state index contributed by atoms with van der Waals surface area (Å²) < 4.78 is 20.7. The van der Waals surface area contributed by atoms with Crippen molar-refractivity contribution in [3.05, 3.63) is 96.8 Å². The van der Waals surface area contributed by atoms with E-state index >= 15 is 0 Å². The van der Waals surface area contributed by atoms with Crippen molar-refractivity contribution >= 4 is 34.7 Å². The van der Waals surface area contributed by atoms with E-state index in [1.54, 1.807) is 54.5 Å². The lowest BCUT2D eigenvalue weighted by Crippen LogP contribution is -2.23. The second kappa shape index (κ2) is 13.7. The van der Waals surface area contributed by atoms with Crippen LogP contribution in [0, 0.1) is 5.82 Å². The molecule has 7 rings (SSSR count). The predicted molar refractivity (Wildman–Crippen MR) is 181 cm³/mol. The number of imidazole rings is 1. The number of carbonyl (C=O) groups excluding carboxylic acids is 2. The van der Waals surface area contributed by atoms with Gasteiger partial charge >= 0.3 is 0 Å². The highest BCUT2D eigenvalue weighted by molar-refractivity contribution is 5.94. The van der Waals surface area contributed by atoms with E-state index in [-0.39, 0.29) is 35.9 Å². The van der Waals surface area contributed by atoms with E-state index in [4.69, 9.17) is 4.74 Å². The number of amides is 2. The largest absolute Gasteiger partial charge is 0.494 e. The number of benzene rings is 2. The summed E-state index contributed by atoms with van der Waals surface area (Å²) in [5, 5.41) is 21.7. The van der Waals surface area contributed by atoms with Gasteiger partial charge in [0.2, 0.25) is 23.7 Å². The number of nitrogens with zero attached hydrogens (tertiary/aromatic N) is 8. The fourth-order valence-electron chi connectivity index (χ4n) is 5.25. The number of carbonyl (C=O) groups is 2. The summed E-state index contributed by atoms with van der Waals surface area (Å²) >= 11 is 0. The number of pyridine rings is 2. The summed E-state index contributed by atoms with van der Waals surface area (Å²) in [6.45, 7) is 1.77. The molecule has 0 saturated heterocycles. The number of fused-ring (bicyclic) bond motifs is 1. The van der Waals surface area contributed by atoms with Crippen LogP contribution >= 0.6 is 0 Å². The van der Waals surface area contributed by atoms with Gasteiger partial charge in [-0.2, -0.15) is 0 Å². The summed E-state index contributed by atoms with van der Waals surface area (Å²) in [6.07, 6.45) is 5.43. The highest BCUT2D eigenvalue weighted by Crippen LogP contribution is 2.27. The topological polar surface area (TPSA) is 194 Å². The van der Waals surface area contributed by atoms with Gasteiger partial charge in [-0.05, 0) is 66.9 Å². The quantitative estimate of drug-likeness (QED) is 0.146. The van der Waals surface area contributed by atoms with E-state index in [9.17, 15) is 14.0 Å². The number of halogens is 1. The molecular weight excluding hydrogens is 643 g/mol. The van der Waals surface area contributed by atoms with Gasteiger partial charge in [-0.1, -0.05) is 24.3 Å². The number of hydrogen-bond donors (Lipinski definition) is 4. The Labute approximate surface area is 283 Å². The predicted octanol–water partition coefficient (Wildman–Crippen LogP) is 4.98. The average molecular weight is 673 g/mol. The van der Waals surface area contributed by atoms with Crippen LogP contribution in [-0.2, 0) is 16.0 Å². The molecule has 0 fully saturated rings. The molecule has 0 aliphatic heterocycles. The molecule has 0 bridgehead atoms. The molecule has 5 heterocycles. The summed E-state index contributed by atoms with van der Waals surface area (Å²) in [5.74, 6) is 0.255. The van der Waals surface area contributed by atoms with E-state index in [2.05, 4.69) is 55.9 Å².